The van der Waals surface area contributed by atoms with Crippen LogP contribution in [0.5, 0.6) is 17.2 Å². The van der Waals surface area contributed by atoms with Crippen molar-refractivity contribution in [2.75, 3.05) is 20.8 Å². The van der Waals surface area contributed by atoms with Crippen molar-refractivity contribution in [1.29, 1.82) is 0 Å². The second-order valence-electron chi connectivity index (χ2n) is 9.00. The first-order chi connectivity index (χ1) is 20.3. The second-order valence-corrected chi connectivity index (χ2v) is 9.00. The van der Waals surface area contributed by atoms with E-state index < -0.39 is 23.9 Å². The molecule has 1 atom stereocenters. The zero-order chi connectivity index (χ0) is 30.1. The number of hydrazone groups is 1. The molecule has 0 radical (unpaired) electrons. The summed E-state index contributed by atoms with van der Waals surface area (Å²) in [7, 11) is 2.68. The molecule has 1 aliphatic rings. The zero-order valence-corrected chi connectivity index (χ0v) is 23.1. The summed E-state index contributed by atoms with van der Waals surface area (Å²) in [5.41, 5.74) is 4.70. The van der Waals surface area contributed by atoms with Crippen LogP contribution in [0.3, 0.4) is 0 Å². The number of nitrogens with zero attached hydrogens (tertiary/aromatic N) is 1. The normalized spacial score (nSPS) is 14.6. The number of rotatable bonds is 11. The molecule has 42 heavy (non-hydrogen) atoms. The molecule has 0 saturated heterocycles. The van der Waals surface area contributed by atoms with Gasteiger partial charge in [0.2, 0.25) is 0 Å². The summed E-state index contributed by atoms with van der Waals surface area (Å²) in [5.74, 6) is -0.319. The van der Waals surface area contributed by atoms with Gasteiger partial charge in [0, 0.05) is 11.3 Å². The van der Waals surface area contributed by atoms with Crippen molar-refractivity contribution in [3.8, 4) is 17.2 Å². The van der Waals surface area contributed by atoms with Crippen LogP contribution in [0.4, 0.5) is 9.18 Å². The van der Waals surface area contributed by atoms with E-state index in [0.717, 1.165) is 0 Å². The van der Waals surface area contributed by atoms with E-state index in [4.69, 9.17) is 18.9 Å². The van der Waals surface area contributed by atoms with Gasteiger partial charge in [0.15, 0.2) is 18.1 Å². The molecule has 4 rings (SSSR count). The third-order valence-electron chi connectivity index (χ3n) is 6.19. The Kier molecular flexibility index (Phi) is 9.72. The monoisotopic (exact) mass is 576 g/mol. The first kappa shape index (κ1) is 29.6. The number of carbonyl (C=O) groups is 3. The third kappa shape index (κ3) is 7.42. The highest BCUT2D eigenvalue weighted by Gasteiger charge is 2.32. The molecule has 0 spiro atoms. The molecule has 0 aliphatic carbocycles. The van der Waals surface area contributed by atoms with Gasteiger partial charge in [-0.15, -0.1) is 0 Å². The lowest BCUT2D eigenvalue weighted by molar-refractivity contribution is -0.136. The maximum Gasteiger partial charge on any atom is 0.337 e. The summed E-state index contributed by atoms with van der Waals surface area (Å²) in [5, 5.41) is 9.19. The first-order valence-corrected chi connectivity index (χ1v) is 12.7. The van der Waals surface area contributed by atoms with Gasteiger partial charge in [-0.25, -0.2) is 19.4 Å². The molecule has 1 heterocycles. The fourth-order valence-corrected chi connectivity index (χ4v) is 4.09. The van der Waals surface area contributed by atoms with Crippen LogP contribution in [0.2, 0.25) is 0 Å². The van der Waals surface area contributed by atoms with Gasteiger partial charge in [-0.05, 0) is 60.5 Å². The first-order valence-electron chi connectivity index (χ1n) is 12.7. The molecule has 0 aromatic heterocycles. The fourth-order valence-electron chi connectivity index (χ4n) is 4.09. The lowest BCUT2D eigenvalue weighted by Crippen LogP contribution is -2.45. The lowest BCUT2D eigenvalue weighted by Gasteiger charge is -2.28. The van der Waals surface area contributed by atoms with Gasteiger partial charge < -0.3 is 29.6 Å². The van der Waals surface area contributed by atoms with E-state index >= 15 is 0 Å². The number of methoxy groups -OCH3 is 2. The average Bonchev–Trinajstić information content (AvgIpc) is 2.99. The van der Waals surface area contributed by atoms with E-state index in [1.807, 2.05) is 0 Å². The van der Waals surface area contributed by atoms with Crippen molar-refractivity contribution < 1.29 is 37.7 Å². The number of amides is 3. The molecule has 3 aromatic rings. The summed E-state index contributed by atoms with van der Waals surface area (Å²) in [6, 6.07) is 16.9. The van der Waals surface area contributed by atoms with Crippen LogP contribution in [0.15, 0.2) is 83.1 Å². The molecule has 12 heteroatoms. The number of nitrogens with one attached hydrogen (secondary N) is 3. The minimum absolute atomic E-state index is 0.101. The van der Waals surface area contributed by atoms with Gasteiger partial charge in [-0.1, -0.05) is 24.3 Å². The maximum absolute atomic E-state index is 13.7. The molecular formula is C30H29FN4O7. The summed E-state index contributed by atoms with van der Waals surface area (Å²) in [4.78, 5) is 36.7. The van der Waals surface area contributed by atoms with Crippen LogP contribution >= 0.6 is 0 Å². The van der Waals surface area contributed by atoms with Gasteiger partial charge in [0.05, 0.1) is 32.0 Å². The van der Waals surface area contributed by atoms with Crippen LogP contribution in [0.1, 0.15) is 29.7 Å². The van der Waals surface area contributed by atoms with Crippen molar-refractivity contribution in [1.82, 2.24) is 16.1 Å². The van der Waals surface area contributed by atoms with Gasteiger partial charge in [-0.2, -0.15) is 5.10 Å². The van der Waals surface area contributed by atoms with Gasteiger partial charge in [-0.3, -0.25) is 4.79 Å². The number of benzene rings is 3. The number of hydrogen-bond donors (Lipinski definition) is 3. The summed E-state index contributed by atoms with van der Waals surface area (Å²) < 4.78 is 35.2. The quantitative estimate of drug-likeness (QED) is 0.180. The Hall–Kier alpha value is -5.39. The second kappa shape index (κ2) is 13.8. The predicted octanol–water partition coefficient (Wildman–Crippen LogP) is 3.74. The number of esters is 1. The number of ether oxygens (including phenoxy) is 4. The minimum atomic E-state index is -0.778. The van der Waals surface area contributed by atoms with E-state index in [0.29, 0.717) is 28.1 Å². The van der Waals surface area contributed by atoms with Crippen LogP contribution in [-0.4, -0.2) is 44.9 Å². The van der Waals surface area contributed by atoms with Crippen molar-refractivity contribution in [3.05, 3.63) is 101 Å². The molecule has 0 bridgehead atoms. The third-order valence-corrected chi connectivity index (χ3v) is 6.19. The largest absolute Gasteiger partial charge is 0.493 e. The SMILES string of the molecule is COC(=O)C1=C(C)NC(=O)N[C@H]1c1ccc(OCC(=O)N/N=C\c2ccc(OCc3ccccc3F)cc2)c(OC)c1. The van der Waals surface area contributed by atoms with E-state index in [2.05, 4.69) is 21.2 Å². The highest BCUT2D eigenvalue weighted by Crippen LogP contribution is 2.34. The van der Waals surface area contributed by atoms with Crippen LogP contribution in [0, 0.1) is 5.82 Å². The zero-order valence-electron chi connectivity index (χ0n) is 23.1. The molecule has 3 aromatic carbocycles. The highest BCUT2D eigenvalue weighted by atomic mass is 19.1. The van der Waals surface area contributed by atoms with Crippen LogP contribution in [0.25, 0.3) is 0 Å². The van der Waals surface area contributed by atoms with E-state index in [1.54, 1.807) is 67.6 Å². The Balaban J connectivity index is 1.31. The maximum atomic E-state index is 13.7. The topological polar surface area (TPSA) is 137 Å². The fraction of sp³-hybridized carbons (Fsp3) is 0.200. The summed E-state index contributed by atoms with van der Waals surface area (Å²) in [6.07, 6.45) is 1.45. The van der Waals surface area contributed by atoms with Crippen LogP contribution in [-0.2, 0) is 20.9 Å². The summed E-state index contributed by atoms with van der Waals surface area (Å²) >= 11 is 0. The molecular weight excluding hydrogens is 547 g/mol. The predicted molar refractivity (Wildman–Crippen MR) is 151 cm³/mol. The molecule has 0 unspecified atom stereocenters. The Bertz CT molecular complexity index is 1520. The van der Waals surface area contributed by atoms with Crippen molar-refractivity contribution in [3.63, 3.8) is 0 Å². The number of allylic oxidation sites excluding steroid dienone is 1. The Morgan fingerprint density at radius 3 is 2.50 bits per heavy atom. The molecule has 1 aliphatic heterocycles. The van der Waals surface area contributed by atoms with Gasteiger partial charge >= 0.3 is 12.0 Å². The van der Waals surface area contributed by atoms with Gasteiger partial charge in [0.25, 0.3) is 5.91 Å². The number of carbonyl (C=O) groups excluding carboxylic acids is 3. The van der Waals surface area contributed by atoms with Crippen molar-refractivity contribution in [2.45, 2.75) is 19.6 Å². The van der Waals surface area contributed by atoms with Crippen LogP contribution < -0.4 is 30.3 Å². The lowest BCUT2D eigenvalue weighted by atomic mass is 9.95. The van der Waals surface area contributed by atoms with E-state index in [-0.39, 0.29) is 36.1 Å². The smallest absolute Gasteiger partial charge is 0.337 e. The average molecular weight is 577 g/mol. The standard InChI is InChI=1S/C30H29FN4O7/c1-18-27(29(37)40-3)28(34-30(38)33-18)20-10-13-24(25(14-20)39-2)42-17-26(36)35-32-15-19-8-11-22(12-9-19)41-16-21-6-4-5-7-23(21)31/h4-15,28H,16-17H2,1-3H3,(H,35,36)(H2,33,34,38)/b32-15-/t28-/m0/s1. The molecule has 0 saturated carbocycles. The number of hydrogen-bond acceptors (Lipinski definition) is 8. The van der Waals surface area contributed by atoms with Crippen molar-refractivity contribution in [2.24, 2.45) is 5.10 Å². The highest BCUT2D eigenvalue weighted by molar-refractivity contribution is 5.95. The molecule has 11 nitrogen and oxygen atoms in total. The minimum Gasteiger partial charge on any atom is -0.493 e. The Labute approximate surface area is 241 Å². The van der Waals surface area contributed by atoms with Gasteiger partial charge in [0.1, 0.15) is 18.2 Å². The van der Waals surface area contributed by atoms with E-state index in [1.165, 1.54) is 26.5 Å². The van der Waals surface area contributed by atoms with E-state index in [9.17, 15) is 18.8 Å². The molecule has 218 valence electrons. The van der Waals surface area contributed by atoms with Crippen molar-refractivity contribution >= 4 is 24.1 Å². The number of urea groups is 1. The Morgan fingerprint density at radius 1 is 1.02 bits per heavy atom. The summed E-state index contributed by atoms with van der Waals surface area (Å²) in [6.45, 7) is 1.35. The Morgan fingerprint density at radius 2 is 1.79 bits per heavy atom. The molecule has 3 amide bonds. The number of halogens is 1. The molecule has 0 fully saturated rings. The molecule has 3 N–H and O–H groups in total.